The van der Waals surface area contributed by atoms with Crippen LogP contribution in [0, 0.1) is 0 Å². The van der Waals surface area contributed by atoms with Crippen LogP contribution in [0.2, 0.25) is 0 Å². The van der Waals surface area contributed by atoms with Crippen LogP contribution in [0.15, 0.2) is 30.5 Å². The summed E-state index contributed by atoms with van der Waals surface area (Å²) < 4.78 is 7.69. The van der Waals surface area contributed by atoms with Crippen molar-refractivity contribution in [2.45, 2.75) is 45.3 Å². The molecular weight excluding hydrogens is 394 g/mol. The van der Waals surface area contributed by atoms with E-state index >= 15 is 0 Å². The van der Waals surface area contributed by atoms with Crippen molar-refractivity contribution in [1.82, 2.24) is 25.1 Å². The summed E-state index contributed by atoms with van der Waals surface area (Å²) in [5.74, 6) is 1.60. The average molecular weight is 422 g/mol. The Morgan fingerprint density at radius 3 is 2.55 bits per heavy atom. The minimum atomic E-state index is -0.218. The van der Waals surface area contributed by atoms with Crippen molar-refractivity contribution in [2.75, 3.05) is 30.0 Å². The fourth-order valence-electron chi connectivity index (χ4n) is 4.51. The Morgan fingerprint density at radius 2 is 1.87 bits per heavy atom. The van der Waals surface area contributed by atoms with E-state index in [1.165, 1.54) is 0 Å². The molecule has 9 nitrogen and oxygen atoms in total. The number of ether oxygens (including phenoxy) is 1. The molecule has 4 heterocycles. The first-order chi connectivity index (χ1) is 15.2. The number of aryl methyl sites for hydroxylation is 1. The number of benzene rings is 1. The van der Waals surface area contributed by atoms with Gasteiger partial charge < -0.3 is 20.3 Å². The standard InChI is InChI=1S/C22H27N7O2/c1-3-23-22(30)25-15-7-5-14(6-8-15)19-26-20-18(11-24-28(20)4-2)21(27-19)29-16-9-10-17(29)13-31-12-16/h5-8,11,16-17H,3-4,9-10,12-13H2,1-2H3,(H2,23,25,30). The van der Waals surface area contributed by atoms with E-state index in [1.54, 1.807) is 0 Å². The molecule has 2 aliphatic rings. The molecule has 2 atom stereocenters. The zero-order chi connectivity index (χ0) is 21.4. The van der Waals surface area contributed by atoms with Crippen LogP contribution in [-0.4, -0.2) is 57.6 Å². The van der Waals surface area contributed by atoms with Gasteiger partial charge in [-0.15, -0.1) is 0 Å². The van der Waals surface area contributed by atoms with Crippen molar-refractivity contribution < 1.29 is 9.53 Å². The van der Waals surface area contributed by atoms with Crippen molar-refractivity contribution in [3.8, 4) is 11.4 Å². The third-order valence-corrected chi connectivity index (χ3v) is 6.00. The van der Waals surface area contributed by atoms with Gasteiger partial charge >= 0.3 is 6.03 Å². The maximum atomic E-state index is 11.8. The normalized spacial score (nSPS) is 20.3. The van der Waals surface area contributed by atoms with Gasteiger partial charge in [-0.25, -0.2) is 19.4 Å². The van der Waals surface area contributed by atoms with Gasteiger partial charge in [0.25, 0.3) is 0 Å². The van der Waals surface area contributed by atoms with E-state index in [0.29, 0.717) is 24.5 Å². The lowest BCUT2D eigenvalue weighted by Gasteiger charge is -2.36. The van der Waals surface area contributed by atoms with Gasteiger partial charge in [-0.3, -0.25) is 0 Å². The molecule has 2 aromatic heterocycles. The number of nitrogens with zero attached hydrogens (tertiary/aromatic N) is 5. The number of rotatable bonds is 5. The Balaban J connectivity index is 1.54. The van der Waals surface area contributed by atoms with E-state index in [4.69, 9.17) is 14.7 Å². The SMILES string of the molecule is CCNC(=O)Nc1ccc(-c2nc(N3C4CCC3COC4)c3cnn(CC)c3n2)cc1. The number of aromatic nitrogens is 4. The van der Waals surface area contributed by atoms with Crippen LogP contribution >= 0.6 is 0 Å². The molecule has 162 valence electrons. The second-order valence-corrected chi connectivity index (χ2v) is 7.96. The maximum Gasteiger partial charge on any atom is 0.319 e. The molecule has 3 aromatic rings. The van der Waals surface area contributed by atoms with Crippen LogP contribution < -0.4 is 15.5 Å². The third kappa shape index (κ3) is 3.59. The monoisotopic (exact) mass is 421 g/mol. The first-order valence-corrected chi connectivity index (χ1v) is 10.9. The molecule has 31 heavy (non-hydrogen) atoms. The van der Waals surface area contributed by atoms with Crippen molar-refractivity contribution in [3.63, 3.8) is 0 Å². The molecule has 5 rings (SSSR count). The molecular formula is C22H27N7O2. The highest BCUT2D eigenvalue weighted by molar-refractivity contribution is 5.90. The molecule has 2 fully saturated rings. The third-order valence-electron chi connectivity index (χ3n) is 6.00. The Morgan fingerprint density at radius 1 is 1.13 bits per heavy atom. The van der Waals surface area contributed by atoms with E-state index in [-0.39, 0.29) is 6.03 Å². The van der Waals surface area contributed by atoms with Crippen LogP contribution in [0.4, 0.5) is 16.3 Å². The summed E-state index contributed by atoms with van der Waals surface area (Å²) in [7, 11) is 0. The molecule has 2 N–H and O–H groups in total. The van der Waals surface area contributed by atoms with Gasteiger partial charge in [0.1, 0.15) is 5.82 Å². The number of hydrogen-bond donors (Lipinski definition) is 2. The fraction of sp³-hybridized carbons (Fsp3) is 0.455. The molecule has 0 aliphatic carbocycles. The lowest BCUT2D eigenvalue weighted by Crippen LogP contribution is -2.46. The molecule has 2 amide bonds. The van der Waals surface area contributed by atoms with Crippen molar-refractivity contribution in [2.24, 2.45) is 0 Å². The second-order valence-electron chi connectivity index (χ2n) is 7.96. The van der Waals surface area contributed by atoms with Crippen molar-refractivity contribution in [1.29, 1.82) is 0 Å². The summed E-state index contributed by atoms with van der Waals surface area (Å²) in [6.07, 6.45) is 4.12. The fourth-order valence-corrected chi connectivity index (χ4v) is 4.51. The Bertz CT molecular complexity index is 1080. The molecule has 2 saturated heterocycles. The summed E-state index contributed by atoms with van der Waals surface area (Å²) in [6.45, 7) is 6.74. The number of anilines is 2. The van der Waals surface area contributed by atoms with Gasteiger partial charge in [0.05, 0.1) is 36.9 Å². The Kier molecular flexibility index (Phi) is 5.19. The summed E-state index contributed by atoms with van der Waals surface area (Å²) in [5.41, 5.74) is 2.47. The summed E-state index contributed by atoms with van der Waals surface area (Å²) in [6, 6.07) is 8.09. The lowest BCUT2D eigenvalue weighted by molar-refractivity contribution is 0.0904. The zero-order valence-electron chi connectivity index (χ0n) is 17.8. The highest BCUT2D eigenvalue weighted by atomic mass is 16.5. The van der Waals surface area contributed by atoms with E-state index in [9.17, 15) is 4.79 Å². The predicted octanol–water partition coefficient (Wildman–Crippen LogP) is 3.02. The van der Waals surface area contributed by atoms with Crippen LogP contribution in [0.3, 0.4) is 0 Å². The molecule has 2 unspecified atom stereocenters. The number of nitrogens with one attached hydrogen (secondary N) is 2. The van der Waals surface area contributed by atoms with Gasteiger partial charge in [-0.05, 0) is 51.0 Å². The minimum Gasteiger partial charge on any atom is -0.377 e. The van der Waals surface area contributed by atoms with Gasteiger partial charge in [0.15, 0.2) is 11.5 Å². The highest BCUT2D eigenvalue weighted by Gasteiger charge is 2.39. The molecule has 2 aliphatic heterocycles. The molecule has 1 aromatic carbocycles. The highest BCUT2D eigenvalue weighted by Crippen LogP contribution is 2.37. The van der Waals surface area contributed by atoms with Gasteiger partial charge in [-0.1, -0.05) is 0 Å². The minimum absolute atomic E-state index is 0.218. The predicted molar refractivity (Wildman–Crippen MR) is 119 cm³/mol. The zero-order valence-corrected chi connectivity index (χ0v) is 17.8. The number of urea groups is 1. The Labute approximate surface area is 180 Å². The number of fused-ring (bicyclic) bond motifs is 3. The number of amides is 2. The van der Waals surface area contributed by atoms with Crippen molar-refractivity contribution in [3.05, 3.63) is 30.5 Å². The first kappa shape index (κ1) is 19.7. The topological polar surface area (TPSA) is 97.2 Å². The van der Waals surface area contributed by atoms with Crippen LogP contribution in [0.5, 0.6) is 0 Å². The van der Waals surface area contributed by atoms with Crippen molar-refractivity contribution >= 4 is 28.6 Å². The van der Waals surface area contributed by atoms with E-state index in [2.05, 4.69) is 27.6 Å². The quantitative estimate of drug-likeness (QED) is 0.657. The van der Waals surface area contributed by atoms with Crippen LogP contribution in [-0.2, 0) is 11.3 Å². The lowest BCUT2D eigenvalue weighted by atomic mass is 10.1. The van der Waals surface area contributed by atoms with E-state index in [1.807, 2.05) is 42.1 Å². The van der Waals surface area contributed by atoms with Gasteiger partial charge in [0.2, 0.25) is 0 Å². The number of hydrogen-bond acceptors (Lipinski definition) is 6. The van der Waals surface area contributed by atoms with Gasteiger partial charge in [0, 0.05) is 24.3 Å². The summed E-state index contributed by atoms with van der Waals surface area (Å²) >= 11 is 0. The number of carbonyl (C=O) groups is 1. The number of morpholine rings is 1. The molecule has 2 bridgehead atoms. The Hall–Kier alpha value is -3.20. The summed E-state index contributed by atoms with van der Waals surface area (Å²) in [5, 5.41) is 11.1. The van der Waals surface area contributed by atoms with E-state index < -0.39 is 0 Å². The first-order valence-electron chi connectivity index (χ1n) is 10.9. The van der Waals surface area contributed by atoms with Crippen LogP contribution in [0.1, 0.15) is 26.7 Å². The maximum absolute atomic E-state index is 11.8. The largest absolute Gasteiger partial charge is 0.377 e. The summed E-state index contributed by atoms with van der Waals surface area (Å²) in [4.78, 5) is 24.1. The smallest absolute Gasteiger partial charge is 0.319 e. The van der Waals surface area contributed by atoms with Gasteiger partial charge in [-0.2, -0.15) is 5.10 Å². The van der Waals surface area contributed by atoms with Crippen LogP contribution in [0.25, 0.3) is 22.4 Å². The molecule has 0 saturated carbocycles. The second kappa shape index (κ2) is 8.14. The molecule has 0 radical (unpaired) electrons. The number of carbonyl (C=O) groups excluding carboxylic acids is 1. The van der Waals surface area contributed by atoms with E-state index in [0.717, 1.165) is 60.7 Å². The molecule has 0 spiro atoms. The average Bonchev–Trinajstić information content (AvgIpc) is 3.30. The molecule has 9 heteroatoms.